The molecular weight excluding hydrogens is 356 g/mol. The third kappa shape index (κ3) is 3.55. The fourth-order valence-corrected chi connectivity index (χ4v) is 3.73. The Morgan fingerprint density at radius 1 is 1.12 bits per heavy atom. The van der Waals surface area contributed by atoms with E-state index in [0.717, 1.165) is 12.8 Å². The number of hydrogen-bond acceptors (Lipinski definition) is 5. The SMILES string of the molecule is COc1ccccc1C(=O)NS(=O)(=O)c1ccc(C(N)=O)c(C2CC2)c1. The van der Waals surface area contributed by atoms with Crippen molar-refractivity contribution in [1.82, 2.24) is 4.72 Å². The van der Waals surface area contributed by atoms with E-state index in [1.807, 2.05) is 4.72 Å². The van der Waals surface area contributed by atoms with E-state index in [9.17, 15) is 18.0 Å². The van der Waals surface area contributed by atoms with Crippen molar-refractivity contribution in [3.63, 3.8) is 0 Å². The van der Waals surface area contributed by atoms with Crippen LogP contribution in [0, 0.1) is 0 Å². The molecule has 0 atom stereocenters. The molecule has 0 spiro atoms. The lowest BCUT2D eigenvalue weighted by Gasteiger charge is -2.12. The van der Waals surface area contributed by atoms with Crippen LogP contribution in [0.4, 0.5) is 0 Å². The van der Waals surface area contributed by atoms with E-state index >= 15 is 0 Å². The van der Waals surface area contributed by atoms with Gasteiger partial charge in [-0.1, -0.05) is 12.1 Å². The Kier molecular flexibility index (Phi) is 4.69. The molecule has 1 fully saturated rings. The van der Waals surface area contributed by atoms with Crippen molar-refractivity contribution in [1.29, 1.82) is 0 Å². The van der Waals surface area contributed by atoms with E-state index in [-0.39, 0.29) is 22.1 Å². The maximum atomic E-state index is 12.6. The van der Waals surface area contributed by atoms with Crippen molar-refractivity contribution in [2.75, 3.05) is 7.11 Å². The molecule has 0 aliphatic heterocycles. The predicted octanol–water partition coefficient (Wildman–Crippen LogP) is 1.79. The molecule has 0 unspecified atom stereocenters. The highest BCUT2D eigenvalue weighted by Gasteiger charge is 2.30. The third-order valence-corrected chi connectivity index (χ3v) is 5.52. The van der Waals surface area contributed by atoms with E-state index < -0.39 is 21.8 Å². The maximum absolute atomic E-state index is 12.6. The van der Waals surface area contributed by atoms with Crippen molar-refractivity contribution in [2.24, 2.45) is 5.73 Å². The Morgan fingerprint density at radius 3 is 2.42 bits per heavy atom. The summed E-state index contributed by atoms with van der Waals surface area (Å²) < 4.78 is 32.3. The Hall–Kier alpha value is -2.87. The number of nitrogens with two attached hydrogens (primary N) is 1. The molecule has 0 saturated heterocycles. The fraction of sp³-hybridized carbons (Fsp3) is 0.222. The van der Waals surface area contributed by atoms with Crippen LogP contribution < -0.4 is 15.2 Å². The van der Waals surface area contributed by atoms with Crippen LogP contribution >= 0.6 is 0 Å². The molecule has 2 aromatic carbocycles. The molecule has 1 aliphatic rings. The molecule has 1 aliphatic carbocycles. The normalized spacial score (nSPS) is 13.9. The van der Waals surface area contributed by atoms with Gasteiger partial charge in [0.25, 0.3) is 15.9 Å². The Morgan fingerprint density at radius 2 is 1.81 bits per heavy atom. The van der Waals surface area contributed by atoms with Crippen LogP contribution in [-0.4, -0.2) is 27.3 Å². The monoisotopic (exact) mass is 374 g/mol. The zero-order valence-corrected chi connectivity index (χ0v) is 14.9. The average Bonchev–Trinajstić information content (AvgIpc) is 3.45. The first-order chi connectivity index (χ1) is 12.3. The zero-order chi connectivity index (χ0) is 18.9. The highest BCUT2D eigenvalue weighted by molar-refractivity contribution is 7.90. The van der Waals surface area contributed by atoms with Gasteiger partial charge in [0.15, 0.2) is 0 Å². The molecule has 0 bridgehead atoms. The molecule has 3 rings (SSSR count). The number of methoxy groups -OCH3 is 1. The van der Waals surface area contributed by atoms with Gasteiger partial charge in [-0.15, -0.1) is 0 Å². The summed E-state index contributed by atoms with van der Waals surface area (Å²) in [6.45, 7) is 0. The number of benzene rings is 2. The molecule has 7 nitrogen and oxygen atoms in total. The Labute approximate surface area is 151 Å². The van der Waals surface area contributed by atoms with Crippen LogP contribution in [0.1, 0.15) is 45.0 Å². The highest BCUT2D eigenvalue weighted by Crippen LogP contribution is 2.42. The summed E-state index contributed by atoms with van der Waals surface area (Å²) in [6.07, 6.45) is 1.74. The zero-order valence-electron chi connectivity index (χ0n) is 14.1. The summed E-state index contributed by atoms with van der Waals surface area (Å²) in [5.74, 6) is -1.01. The maximum Gasteiger partial charge on any atom is 0.268 e. The molecule has 26 heavy (non-hydrogen) atoms. The minimum atomic E-state index is -4.11. The molecule has 0 heterocycles. The van der Waals surface area contributed by atoms with Crippen LogP contribution in [-0.2, 0) is 10.0 Å². The number of hydrogen-bond donors (Lipinski definition) is 2. The van der Waals surface area contributed by atoms with E-state index in [4.69, 9.17) is 10.5 Å². The lowest BCUT2D eigenvalue weighted by molar-refractivity contribution is 0.0975. The lowest BCUT2D eigenvalue weighted by Crippen LogP contribution is -2.31. The van der Waals surface area contributed by atoms with Crippen LogP contribution in [0.5, 0.6) is 5.75 Å². The summed E-state index contributed by atoms with van der Waals surface area (Å²) in [5, 5.41) is 0. The number of primary amides is 1. The number of rotatable bonds is 6. The van der Waals surface area contributed by atoms with Crippen molar-refractivity contribution >= 4 is 21.8 Å². The van der Waals surface area contributed by atoms with Gasteiger partial charge in [0.1, 0.15) is 5.75 Å². The van der Waals surface area contributed by atoms with Crippen LogP contribution in [0.15, 0.2) is 47.4 Å². The van der Waals surface area contributed by atoms with Gasteiger partial charge in [-0.3, -0.25) is 9.59 Å². The van der Waals surface area contributed by atoms with Gasteiger partial charge < -0.3 is 10.5 Å². The van der Waals surface area contributed by atoms with Gasteiger partial charge in [-0.2, -0.15) is 0 Å². The largest absolute Gasteiger partial charge is 0.496 e. The Bertz CT molecular complexity index is 981. The minimum Gasteiger partial charge on any atom is -0.496 e. The second-order valence-corrected chi connectivity index (χ2v) is 7.70. The van der Waals surface area contributed by atoms with E-state index in [2.05, 4.69) is 0 Å². The predicted molar refractivity (Wildman–Crippen MR) is 94.6 cm³/mol. The molecular formula is C18H18N2O5S. The fourth-order valence-electron chi connectivity index (χ4n) is 2.73. The molecule has 3 N–H and O–H groups in total. The van der Waals surface area contributed by atoms with Crippen molar-refractivity contribution < 1.29 is 22.7 Å². The first-order valence-electron chi connectivity index (χ1n) is 7.97. The number of sulfonamides is 1. The second kappa shape index (κ2) is 6.80. The average molecular weight is 374 g/mol. The lowest BCUT2D eigenvalue weighted by atomic mass is 10.0. The molecule has 2 aromatic rings. The smallest absolute Gasteiger partial charge is 0.268 e. The van der Waals surface area contributed by atoms with Crippen LogP contribution in [0.2, 0.25) is 0 Å². The summed E-state index contributed by atoms with van der Waals surface area (Å²) in [5.41, 5.74) is 6.37. The van der Waals surface area contributed by atoms with Gasteiger partial charge in [0, 0.05) is 5.56 Å². The molecule has 2 amide bonds. The number of carbonyl (C=O) groups excluding carboxylic acids is 2. The number of amides is 2. The van der Waals surface area contributed by atoms with Crippen molar-refractivity contribution in [2.45, 2.75) is 23.7 Å². The molecule has 136 valence electrons. The van der Waals surface area contributed by atoms with Crippen molar-refractivity contribution in [3.8, 4) is 5.75 Å². The summed E-state index contributed by atoms with van der Waals surface area (Å²) >= 11 is 0. The Balaban J connectivity index is 1.92. The summed E-state index contributed by atoms with van der Waals surface area (Å²) in [7, 11) is -2.72. The number of nitrogens with one attached hydrogen (secondary N) is 1. The van der Waals surface area contributed by atoms with Gasteiger partial charge in [0.05, 0.1) is 17.6 Å². The van der Waals surface area contributed by atoms with E-state index in [1.54, 1.807) is 18.2 Å². The highest BCUT2D eigenvalue weighted by atomic mass is 32.2. The van der Waals surface area contributed by atoms with E-state index in [0.29, 0.717) is 11.1 Å². The van der Waals surface area contributed by atoms with Gasteiger partial charge in [-0.05, 0) is 54.7 Å². The molecule has 8 heteroatoms. The number of ether oxygens (including phenoxy) is 1. The quantitative estimate of drug-likeness (QED) is 0.800. The third-order valence-electron chi connectivity index (χ3n) is 4.19. The topological polar surface area (TPSA) is 116 Å². The number of para-hydroxylation sites is 1. The number of carbonyl (C=O) groups is 2. The minimum absolute atomic E-state index is 0.0901. The van der Waals surface area contributed by atoms with Gasteiger partial charge in [0.2, 0.25) is 5.91 Å². The van der Waals surface area contributed by atoms with Crippen LogP contribution in [0.3, 0.4) is 0 Å². The summed E-state index contributed by atoms with van der Waals surface area (Å²) in [6, 6.07) is 10.4. The van der Waals surface area contributed by atoms with Gasteiger partial charge >= 0.3 is 0 Å². The van der Waals surface area contributed by atoms with Crippen LogP contribution in [0.25, 0.3) is 0 Å². The standard InChI is InChI=1S/C18H18N2O5S/c1-25-16-5-3-2-4-14(16)18(22)20-26(23,24)12-8-9-13(17(19)21)15(10-12)11-6-7-11/h2-5,8-11H,6-7H2,1H3,(H2,19,21)(H,20,22). The van der Waals surface area contributed by atoms with Crippen molar-refractivity contribution in [3.05, 3.63) is 59.2 Å². The summed E-state index contributed by atoms with van der Waals surface area (Å²) in [4.78, 5) is 23.8. The molecule has 0 radical (unpaired) electrons. The first kappa shape index (κ1) is 17.9. The van der Waals surface area contributed by atoms with Gasteiger partial charge in [-0.25, -0.2) is 13.1 Å². The second-order valence-electron chi connectivity index (χ2n) is 6.02. The molecule has 1 saturated carbocycles. The molecule has 0 aromatic heterocycles. The van der Waals surface area contributed by atoms with E-state index in [1.165, 1.54) is 31.4 Å². The first-order valence-corrected chi connectivity index (χ1v) is 9.45.